The second-order valence-corrected chi connectivity index (χ2v) is 6.83. The van der Waals surface area contributed by atoms with Gasteiger partial charge in [0.2, 0.25) is 0 Å². The third-order valence-electron chi connectivity index (χ3n) is 3.64. The summed E-state index contributed by atoms with van der Waals surface area (Å²) < 4.78 is 12.4. The molecule has 0 aliphatic carbocycles. The summed E-state index contributed by atoms with van der Waals surface area (Å²) in [5.74, 6) is 1.44. The van der Waals surface area contributed by atoms with Crippen molar-refractivity contribution in [2.75, 3.05) is 13.7 Å². The zero-order valence-electron chi connectivity index (χ0n) is 14.1. The first-order chi connectivity index (χ1) is 11.6. The van der Waals surface area contributed by atoms with Crippen LogP contribution in [-0.2, 0) is 13.2 Å². The Morgan fingerprint density at radius 3 is 2.71 bits per heavy atom. The Morgan fingerprint density at radius 1 is 1.17 bits per heavy atom. The van der Waals surface area contributed by atoms with Gasteiger partial charge in [-0.1, -0.05) is 53.0 Å². The number of nitrogens with one attached hydrogen (secondary N) is 1. The summed E-state index contributed by atoms with van der Waals surface area (Å²) in [5, 5.41) is 4.14. The highest BCUT2D eigenvalue weighted by molar-refractivity contribution is 9.10. The lowest BCUT2D eigenvalue weighted by molar-refractivity contribution is 0.284. The van der Waals surface area contributed by atoms with Crippen LogP contribution < -0.4 is 14.8 Å². The maximum atomic E-state index is 6.01. The fraction of sp³-hybridized carbons (Fsp3) is 0.368. The standard InChI is InChI=1S/C19H23BrClNO2/c1-3-4-8-22-12-15-10-18(23-2)19(11-17(15)20)24-13-14-6-5-7-16(21)9-14/h5-7,9-11,22H,3-4,8,12-13H2,1-2H3. The highest BCUT2D eigenvalue weighted by atomic mass is 79.9. The van der Waals surface area contributed by atoms with Gasteiger partial charge in [0.15, 0.2) is 11.5 Å². The molecule has 0 saturated carbocycles. The molecule has 2 aromatic rings. The third-order valence-corrected chi connectivity index (χ3v) is 4.61. The zero-order chi connectivity index (χ0) is 17.4. The zero-order valence-corrected chi connectivity index (χ0v) is 16.4. The van der Waals surface area contributed by atoms with Gasteiger partial charge in [-0.15, -0.1) is 0 Å². The molecule has 2 rings (SSSR count). The Balaban J connectivity index is 2.05. The fourth-order valence-electron chi connectivity index (χ4n) is 2.30. The van der Waals surface area contributed by atoms with Crippen LogP contribution in [0.3, 0.4) is 0 Å². The fourth-order valence-corrected chi connectivity index (χ4v) is 2.97. The molecule has 24 heavy (non-hydrogen) atoms. The summed E-state index contributed by atoms with van der Waals surface area (Å²) in [6, 6.07) is 11.6. The molecular weight excluding hydrogens is 390 g/mol. The average molecular weight is 413 g/mol. The SMILES string of the molecule is CCCCNCc1cc(OC)c(OCc2cccc(Cl)c2)cc1Br. The summed E-state index contributed by atoms with van der Waals surface area (Å²) in [6.45, 7) is 4.44. The molecule has 0 spiro atoms. The molecule has 1 N–H and O–H groups in total. The maximum absolute atomic E-state index is 6.01. The second kappa shape index (κ2) is 9.92. The first-order valence-electron chi connectivity index (χ1n) is 8.08. The van der Waals surface area contributed by atoms with E-state index < -0.39 is 0 Å². The maximum Gasteiger partial charge on any atom is 0.162 e. The van der Waals surface area contributed by atoms with Gasteiger partial charge in [-0.25, -0.2) is 0 Å². The third kappa shape index (κ3) is 5.69. The molecule has 0 heterocycles. The Kier molecular flexibility index (Phi) is 7.89. The molecular formula is C19H23BrClNO2. The van der Waals surface area contributed by atoms with Crippen LogP contribution in [-0.4, -0.2) is 13.7 Å². The average Bonchev–Trinajstić information content (AvgIpc) is 2.58. The molecule has 5 heteroatoms. The van der Waals surface area contributed by atoms with E-state index in [0.717, 1.165) is 34.4 Å². The van der Waals surface area contributed by atoms with E-state index in [1.807, 2.05) is 36.4 Å². The van der Waals surface area contributed by atoms with Gasteiger partial charge in [0.05, 0.1) is 7.11 Å². The minimum Gasteiger partial charge on any atom is -0.493 e. The van der Waals surface area contributed by atoms with Crippen molar-refractivity contribution in [1.29, 1.82) is 0 Å². The van der Waals surface area contributed by atoms with E-state index in [9.17, 15) is 0 Å². The Morgan fingerprint density at radius 2 is 2.00 bits per heavy atom. The van der Waals surface area contributed by atoms with Gasteiger partial charge in [0, 0.05) is 16.0 Å². The van der Waals surface area contributed by atoms with Crippen molar-refractivity contribution < 1.29 is 9.47 Å². The van der Waals surface area contributed by atoms with E-state index in [4.69, 9.17) is 21.1 Å². The van der Waals surface area contributed by atoms with Gasteiger partial charge in [0.25, 0.3) is 0 Å². The monoisotopic (exact) mass is 411 g/mol. The van der Waals surface area contributed by atoms with E-state index in [0.29, 0.717) is 17.4 Å². The van der Waals surface area contributed by atoms with Crippen molar-refractivity contribution in [1.82, 2.24) is 5.32 Å². The van der Waals surface area contributed by atoms with E-state index in [1.165, 1.54) is 12.8 Å². The predicted octanol–water partition coefficient (Wildman–Crippen LogP) is 5.58. The van der Waals surface area contributed by atoms with E-state index >= 15 is 0 Å². The van der Waals surface area contributed by atoms with Gasteiger partial charge < -0.3 is 14.8 Å². The van der Waals surface area contributed by atoms with Crippen LogP contribution in [0.1, 0.15) is 30.9 Å². The van der Waals surface area contributed by atoms with Gasteiger partial charge >= 0.3 is 0 Å². The molecule has 0 aromatic heterocycles. The van der Waals surface area contributed by atoms with Crippen molar-refractivity contribution in [3.05, 3.63) is 57.0 Å². The van der Waals surface area contributed by atoms with Crippen LogP contribution in [0.5, 0.6) is 11.5 Å². The van der Waals surface area contributed by atoms with Crippen molar-refractivity contribution in [3.63, 3.8) is 0 Å². The first-order valence-corrected chi connectivity index (χ1v) is 9.25. The predicted molar refractivity (Wildman–Crippen MR) is 103 cm³/mol. The Hall–Kier alpha value is -1.23. The molecule has 0 aliphatic heterocycles. The Labute approximate surface area is 157 Å². The molecule has 0 bridgehead atoms. The van der Waals surface area contributed by atoms with E-state index in [-0.39, 0.29) is 0 Å². The lowest BCUT2D eigenvalue weighted by atomic mass is 10.2. The molecule has 0 amide bonds. The quantitative estimate of drug-likeness (QED) is 0.545. The number of ether oxygens (including phenoxy) is 2. The number of hydrogen-bond donors (Lipinski definition) is 1. The van der Waals surface area contributed by atoms with Crippen LogP contribution in [0, 0.1) is 0 Å². The summed E-state index contributed by atoms with van der Waals surface area (Å²) in [7, 11) is 1.66. The minimum absolute atomic E-state index is 0.442. The molecule has 0 radical (unpaired) electrons. The molecule has 0 fully saturated rings. The van der Waals surface area contributed by atoms with Gasteiger partial charge in [-0.3, -0.25) is 0 Å². The molecule has 0 unspecified atom stereocenters. The topological polar surface area (TPSA) is 30.5 Å². The molecule has 0 atom stereocenters. The number of hydrogen-bond acceptors (Lipinski definition) is 3. The highest BCUT2D eigenvalue weighted by Crippen LogP contribution is 2.34. The van der Waals surface area contributed by atoms with Crippen molar-refractivity contribution in [3.8, 4) is 11.5 Å². The number of halogens is 2. The van der Waals surface area contributed by atoms with Crippen LogP contribution in [0.2, 0.25) is 5.02 Å². The summed E-state index contributed by atoms with van der Waals surface area (Å²) in [5.41, 5.74) is 2.17. The van der Waals surface area contributed by atoms with Crippen LogP contribution >= 0.6 is 27.5 Å². The van der Waals surface area contributed by atoms with Gasteiger partial charge in [-0.05, 0) is 48.4 Å². The smallest absolute Gasteiger partial charge is 0.162 e. The van der Waals surface area contributed by atoms with Crippen LogP contribution in [0.4, 0.5) is 0 Å². The minimum atomic E-state index is 0.442. The largest absolute Gasteiger partial charge is 0.493 e. The highest BCUT2D eigenvalue weighted by Gasteiger charge is 2.10. The summed E-state index contributed by atoms with van der Waals surface area (Å²) in [6.07, 6.45) is 2.36. The number of unbranched alkanes of at least 4 members (excludes halogenated alkanes) is 1. The van der Waals surface area contributed by atoms with Gasteiger partial charge in [0.1, 0.15) is 6.61 Å². The van der Waals surface area contributed by atoms with Crippen LogP contribution in [0.25, 0.3) is 0 Å². The van der Waals surface area contributed by atoms with Gasteiger partial charge in [-0.2, -0.15) is 0 Å². The summed E-state index contributed by atoms with van der Waals surface area (Å²) >= 11 is 9.63. The molecule has 2 aromatic carbocycles. The lowest BCUT2D eigenvalue weighted by Gasteiger charge is -2.14. The van der Waals surface area contributed by atoms with E-state index in [2.05, 4.69) is 28.2 Å². The number of methoxy groups -OCH3 is 1. The van der Waals surface area contributed by atoms with Crippen LogP contribution in [0.15, 0.2) is 40.9 Å². The van der Waals surface area contributed by atoms with Crippen molar-refractivity contribution >= 4 is 27.5 Å². The lowest BCUT2D eigenvalue weighted by Crippen LogP contribution is -2.15. The summed E-state index contributed by atoms with van der Waals surface area (Å²) in [4.78, 5) is 0. The molecule has 130 valence electrons. The molecule has 0 aliphatic rings. The number of rotatable bonds is 9. The second-order valence-electron chi connectivity index (χ2n) is 5.54. The molecule has 0 saturated heterocycles. The first kappa shape index (κ1) is 19.1. The van der Waals surface area contributed by atoms with Crippen molar-refractivity contribution in [2.45, 2.75) is 32.9 Å². The van der Waals surface area contributed by atoms with Crippen molar-refractivity contribution in [2.24, 2.45) is 0 Å². The van der Waals surface area contributed by atoms with E-state index in [1.54, 1.807) is 7.11 Å². The molecule has 3 nitrogen and oxygen atoms in total. The Bertz CT molecular complexity index is 664. The number of benzene rings is 2. The normalized spacial score (nSPS) is 10.7.